The summed E-state index contributed by atoms with van der Waals surface area (Å²) in [6.07, 6.45) is 61.1. The Hall–Kier alpha value is -1.94. The van der Waals surface area contributed by atoms with E-state index >= 15 is 0 Å². The minimum Gasteiger partial charge on any atom is -0.462 e. The lowest BCUT2D eigenvalue weighted by Gasteiger charge is -2.21. The first-order chi connectivity index (χ1) is 47.9. The Balaban J connectivity index is 5.24. The van der Waals surface area contributed by atoms with E-state index in [-0.39, 0.29) is 25.7 Å². The predicted molar refractivity (Wildman–Crippen MR) is 405 cm³/mol. The van der Waals surface area contributed by atoms with Crippen molar-refractivity contribution in [1.29, 1.82) is 0 Å². The third kappa shape index (κ3) is 74.1. The molecule has 0 aromatic heterocycles. The molecular weight excluding hydrogens is 1290 g/mol. The van der Waals surface area contributed by atoms with Crippen molar-refractivity contribution in [2.24, 2.45) is 11.8 Å². The van der Waals surface area contributed by atoms with E-state index < -0.39 is 97.5 Å². The average Bonchev–Trinajstić information content (AvgIpc) is 0.962. The van der Waals surface area contributed by atoms with E-state index in [2.05, 4.69) is 41.5 Å². The molecule has 0 aliphatic carbocycles. The summed E-state index contributed by atoms with van der Waals surface area (Å²) in [4.78, 5) is 73.0. The van der Waals surface area contributed by atoms with Crippen molar-refractivity contribution in [3.8, 4) is 0 Å². The summed E-state index contributed by atoms with van der Waals surface area (Å²) in [5.74, 6) is -0.605. The molecule has 17 nitrogen and oxygen atoms in total. The molecule has 99 heavy (non-hydrogen) atoms. The highest BCUT2D eigenvalue weighted by Gasteiger charge is 2.30. The maximum absolute atomic E-state index is 13.1. The number of unbranched alkanes of at least 4 members (excludes halogenated alkanes) is 49. The molecule has 0 saturated heterocycles. The summed E-state index contributed by atoms with van der Waals surface area (Å²) in [5.41, 5.74) is 0. The van der Waals surface area contributed by atoms with Gasteiger partial charge in [-0.3, -0.25) is 37.3 Å². The number of hydrogen-bond acceptors (Lipinski definition) is 15. The Morgan fingerprint density at radius 3 is 0.687 bits per heavy atom. The summed E-state index contributed by atoms with van der Waals surface area (Å²) in [7, 11) is -9.92. The van der Waals surface area contributed by atoms with Gasteiger partial charge in [0.25, 0.3) is 0 Å². The maximum Gasteiger partial charge on any atom is 0.472 e. The first-order valence-corrected chi connectivity index (χ1v) is 44.5. The summed E-state index contributed by atoms with van der Waals surface area (Å²) in [6, 6.07) is 0. The topological polar surface area (TPSA) is 237 Å². The lowest BCUT2D eigenvalue weighted by atomic mass is 10.0. The second-order valence-electron chi connectivity index (χ2n) is 29.8. The zero-order valence-electron chi connectivity index (χ0n) is 64.8. The number of carbonyl (C=O) groups is 4. The first-order valence-electron chi connectivity index (χ1n) is 41.5. The monoisotopic (exact) mass is 1450 g/mol. The van der Waals surface area contributed by atoms with E-state index in [1.807, 2.05) is 0 Å². The summed E-state index contributed by atoms with van der Waals surface area (Å²) in [5, 5.41) is 10.6. The third-order valence-electron chi connectivity index (χ3n) is 18.7. The van der Waals surface area contributed by atoms with Crippen molar-refractivity contribution in [1.82, 2.24) is 0 Å². The second-order valence-corrected chi connectivity index (χ2v) is 32.7. The molecule has 19 heteroatoms. The van der Waals surface area contributed by atoms with Crippen molar-refractivity contribution < 1.29 is 80.2 Å². The van der Waals surface area contributed by atoms with E-state index in [1.54, 1.807) is 0 Å². The van der Waals surface area contributed by atoms with E-state index in [1.165, 1.54) is 231 Å². The second kappa shape index (κ2) is 71.7. The van der Waals surface area contributed by atoms with Crippen LogP contribution in [-0.4, -0.2) is 96.7 Å². The van der Waals surface area contributed by atoms with Gasteiger partial charge in [-0.15, -0.1) is 0 Å². The third-order valence-corrected chi connectivity index (χ3v) is 20.6. The van der Waals surface area contributed by atoms with Crippen molar-refractivity contribution in [2.75, 3.05) is 39.6 Å². The molecule has 5 atom stereocenters. The van der Waals surface area contributed by atoms with Gasteiger partial charge in [0, 0.05) is 25.7 Å². The molecular formula is C80H156O17P2. The number of ether oxygens (including phenoxy) is 4. The molecule has 0 aromatic carbocycles. The molecule has 588 valence electrons. The molecule has 0 aromatic rings. The van der Waals surface area contributed by atoms with Gasteiger partial charge in [0.05, 0.1) is 26.4 Å². The van der Waals surface area contributed by atoms with Crippen LogP contribution >= 0.6 is 15.6 Å². The van der Waals surface area contributed by atoms with Crippen LogP contribution in [-0.2, 0) is 65.4 Å². The quantitative estimate of drug-likeness (QED) is 0.0222. The van der Waals surface area contributed by atoms with Crippen molar-refractivity contribution in [3.63, 3.8) is 0 Å². The molecule has 0 fully saturated rings. The molecule has 0 aliphatic heterocycles. The van der Waals surface area contributed by atoms with Gasteiger partial charge in [-0.1, -0.05) is 369 Å². The molecule has 2 unspecified atom stereocenters. The van der Waals surface area contributed by atoms with Crippen LogP contribution in [0.15, 0.2) is 0 Å². The van der Waals surface area contributed by atoms with E-state index in [0.29, 0.717) is 31.6 Å². The number of aliphatic hydroxyl groups excluding tert-OH is 1. The molecule has 0 bridgehead atoms. The molecule has 0 rings (SSSR count). The Bertz CT molecular complexity index is 1910. The molecule has 0 saturated carbocycles. The zero-order valence-corrected chi connectivity index (χ0v) is 66.6. The number of rotatable bonds is 79. The smallest absolute Gasteiger partial charge is 0.462 e. The van der Waals surface area contributed by atoms with Crippen molar-refractivity contribution >= 4 is 39.5 Å². The number of esters is 4. The van der Waals surface area contributed by atoms with E-state index in [9.17, 15) is 43.2 Å². The summed E-state index contributed by atoms with van der Waals surface area (Å²) in [6.45, 7) is 9.60. The van der Waals surface area contributed by atoms with Gasteiger partial charge < -0.3 is 33.8 Å². The molecule has 0 amide bonds. The number of phosphoric acid groups is 2. The van der Waals surface area contributed by atoms with Crippen LogP contribution in [0.4, 0.5) is 0 Å². The highest BCUT2D eigenvalue weighted by atomic mass is 31.2. The van der Waals surface area contributed by atoms with Crippen LogP contribution in [0.1, 0.15) is 420 Å². The van der Waals surface area contributed by atoms with Gasteiger partial charge in [-0.2, -0.15) is 0 Å². The minimum absolute atomic E-state index is 0.107. The first kappa shape index (κ1) is 97.1. The molecule has 3 N–H and O–H groups in total. The Morgan fingerprint density at radius 1 is 0.273 bits per heavy atom. The summed E-state index contributed by atoms with van der Waals surface area (Å²) < 4.78 is 68.7. The van der Waals surface area contributed by atoms with Crippen LogP contribution in [0.5, 0.6) is 0 Å². The maximum atomic E-state index is 13.1. The lowest BCUT2D eigenvalue weighted by molar-refractivity contribution is -0.161. The number of aliphatic hydroxyl groups is 1. The molecule has 0 heterocycles. The Morgan fingerprint density at radius 2 is 0.465 bits per heavy atom. The van der Waals surface area contributed by atoms with Crippen molar-refractivity contribution in [2.45, 2.75) is 439 Å². The van der Waals surface area contributed by atoms with Crippen LogP contribution in [0.3, 0.4) is 0 Å². The molecule has 0 radical (unpaired) electrons. The SMILES string of the molecule is CCCCCCCCCCCCCCCCCCCCC(=O)O[C@H](COC(=O)CCCCCCCCCCCCCCCCC(C)C)COP(=O)(O)OC[C@@H](O)COP(=O)(O)OC[C@@H](COC(=O)CCCCCCCCCC(C)C)OC(=O)CCCCCCCCCCCCCCCC. The van der Waals surface area contributed by atoms with Gasteiger partial charge >= 0.3 is 39.5 Å². The van der Waals surface area contributed by atoms with Gasteiger partial charge in [0.1, 0.15) is 19.3 Å². The van der Waals surface area contributed by atoms with Gasteiger partial charge in [-0.25, -0.2) is 9.13 Å². The highest BCUT2D eigenvalue weighted by molar-refractivity contribution is 7.47. The lowest BCUT2D eigenvalue weighted by Crippen LogP contribution is -2.30. The Labute approximate surface area is 607 Å². The fourth-order valence-corrected chi connectivity index (χ4v) is 13.9. The highest BCUT2D eigenvalue weighted by Crippen LogP contribution is 2.45. The Kier molecular flexibility index (Phi) is 70.3. The zero-order chi connectivity index (χ0) is 72.8. The van der Waals surface area contributed by atoms with Gasteiger partial charge in [0.2, 0.25) is 0 Å². The molecule has 0 spiro atoms. The summed E-state index contributed by atoms with van der Waals surface area (Å²) >= 11 is 0. The van der Waals surface area contributed by atoms with Gasteiger partial charge in [-0.05, 0) is 37.5 Å². The number of carbonyl (C=O) groups excluding carboxylic acids is 4. The van der Waals surface area contributed by atoms with Crippen LogP contribution in [0.2, 0.25) is 0 Å². The number of phosphoric ester groups is 2. The standard InChI is InChI=1S/C80H156O17P2/c1-7-9-11-13-15-17-19-21-23-24-25-26-32-36-40-46-53-59-65-79(84)96-75(68-90-77(82)62-56-50-44-38-34-31-28-27-29-33-37-42-48-54-60-72(3)4)70-94-98(86,87)92-66-74(81)67-93-99(88,89)95-71-76(69-91-78(83)63-57-51-47-41-43-49-55-61-73(5)6)97-80(85)64-58-52-45-39-35-30-22-20-18-16-14-12-10-8-2/h72-76,81H,7-71H2,1-6H3,(H,86,87)(H,88,89)/t74-,75-,76-/m1/s1. The van der Waals surface area contributed by atoms with E-state index in [4.69, 9.17) is 37.0 Å². The van der Waals surface area contributed by atoms with Crippen LogP contribution < -0.4 is 0 Å². The van der Waals surface area contributed by atoms with Crippen molar-refractivity contribution in [3.05, 3.63) is 0 Å². The van der Waals surface area contributed by atoms with Crippen LogP contribution in [0.25, 0.3) is 0 Å². The van der Waals surface area contributed by atoms with E-state index in [0.717, 1.165) is 102 Å². The molecule has 0 aliphatic rings. The minimum atomic E-state index is -4.96. The van der Waals surface area contributed by atoms with Crippen LogP contribution in [0, 0.1) is 11.8 Å². The average molecular weight is 1450 g/mol. The normalized spacial score (nSPS) is 13.9. The predicted octanol–water partition coefficient (Wildman–Crippen LogP) is 23.9. The largest absolute Gasteiger partial charge is 0.472 e. The fourth-order valence-electron chi connectivity index (χ4n) is 12.4. The van der Waals surface area contributed by atoms with Gasteiger partial charge in [0.15, 0.2) is 12.2 Å². The number of hydrogen-bond donors (Lipinski definition) is 3. The fraction of sp³-hybridized carbons (Fsp3) is 0.950.